The van der Waals surface area contributed by atoms with Crippen molar-refractivity contribution in [3.8, 4) is 5.75 Å². The molecule has 0 aromatic heterocycles. The SMILES string of the molecule is CC.O/N=C(\c1ccccc1O)C1CCNCC1. The van der Waals surface area contributed by atoms with Gasteiger partial charge in [-0.1, -0.05) is 31.1 Å². The van der Waals surface area contributed by atoms with Crippen molar-refractivity contribution in [1.29, 1.82) is 0 Å². The van der Waals surface area contributed by atoms with Gasteiger partial charge in [0.25, 0.3) is 0 Å². The fourth-order valence-corrected chi connectivity index (χ4v) is 2.14. The Hall–Kier alpha value is -1.55. The normalized spacial score (nSPS) is 16.9. The highest BCUT2D eigenvalue weighted by atomic mass is 16.4. The van der Waals surface area contributed by atoms with Crippen LogP contribution >= 0.6 is 0 Å². The minimum absolute atomic E-state index is 0.175. The molecule has 1 aliphatic rings. The summed E-state index contributed by atoms with van der Waals surface area (Å²) in [6.45, 7) is 5.86. The highest BCUT2D eigenvalue weighted by molar-refractivity contribution is 6.04. The molecule has 18 heavy (non-hydrogen) atoms. The molecule has 0 aliphatic carbocycles. The zero-order valence-electron chi connectivity index (χ0n) is 11.1. The lowest BCUT2D eigenvalue weighted by molar-refractivity contribution is 0.311. The first-order chi connectivity index (χ1) is 8.83. The largest absolute Gasteiger partial charge is 0.507 e. The van der Waals surface area contributed by atoms with Crippen molar-refractivity contribution >= 4 is 5.71 Å². The van der Waals surface area contributed by atoms with E-state index in [1.165, 1.54) is 0 Å². The van der Waals surface area contributed by atoms with E-state index in [0.29, 0.717) is 11.3 Å². The fraction of sp³-hybridized carbons (Fsp3) is 0.500. The number of rotatable bonds is 2. The molecule has 1 saturated heterocycles. The van der Waals surface area contributed by atoms with Crippen molar-refractivity contribution in [2.24, 2.45) is 11.1 Å². The van der Waals surface area contributed by atoms with Gasteiger partial charge in [0.1, 0.15) is 5.75 Å². The van der Waals surface area contributed by atoms with E-state index in [0.717, 1.165) is 25.9 Å². The third-order valence-electron chi connectivity index (χ3n) is 3.01. The third kappa shape index (κ3) is 3.47. The molecular weight excluding hydrogens is 228 g/mol. The smallest absolute Gasteiger partial charge is 0.124 e. The lowest BCUT2D eigenvalue weighted by Crippen LogP contribution is -2.32. The number of nitrogens with zero attached hydrogens (tertiary/aromatic N) is 1. The van der Waals surface area contributed by atoms with Crippen LogP contribution in [0.1, 0.15) is 32.3 Å². The number of hydrogen-bond acceptors (Lipinski definition) is 4. The lowest BCUT2D eigenvalue weighted by atomic mass is 9.88. The molecule has 0 spiro atoms. The molecule has 1 fully saturated rings. The molecule has 0 atom stereocenters. The molecule has 100 valence electrons. The Bertz CT molecular complexity index is 385. The summed E-state index contributed by atoms with van der Waals surface area (Å²) in [6, 6.07) is 6.99. The van der Waals surface area contributed by atoms with Gasteiger partial charge < -0.3 is 15.6 Å². The van der Waals surface area contributed by atoms with Gasteiger partial charge in [0.2, 0.25) is 0 Å². The van der Waals surface area contributed by atoms with E-state index >= 15 is 0 Å². The van der Waals surface area contributed by atoms with E-state index in [2.05, 4.69) is 10.5 Å². The number of benzene rings is 1. The van der Waals surface area contributed by atoms with E-state index in [4.69, 9.17) is 5.21 Å². The zero-order valence-corrected chi connectivity index (χ0v) is 11.1. The number of aromatic hydroxyl groups is 1. The van der Waals surface area contributed by atoms with Crippen molar-refractivity contribution in [2.75, 3.05) is 13.1 Å². The van der Waals surface area contributed by atoms with E-state index in [1.807, 2.05) is 19.9 Å². The van der Waals surface area contributed by atoms with Crippen molar-refractivity contribution in [3.63, 3.8) is 0 Å². The topological polar surface area (TPSA) is 64.9 Å². The maximum Gasteiger partial charge on any atom is 0.124 e. The quantitative estimate of drug-likeness (QED) is 0.429. The van der Waals surface area contributed by atoms with Crippen LogP contribution in [0.15, 0.2) is 29.4 Å². The van der Waals surface area contributed by atoms with E-state index in [1.54, 1.807) is 18.2 Å². The molecule has 0 amide bonds. The molecule has 2 rings (SSSR count). The predicted molar refractivity (Wildman–Crippen MR) is 73.4 cm³/mol. The lowest BCUT2D eigenvalue weighted by Gasteiger charge is -2.23. The Balaban J connectivity index is 0.000000771. The van der Waals surface area contributed by atoms with E-state index in [9.17, 15) is 5.11 Å². The van der Waals surface area contributed by atoms with E-state index < -0.39 is 0 Å². The Morgan fingerprint density at radius 2 is 1.83 bits per heavy atom. The number of piperidine rings is 1. The van der Waals surface area contributed by atoms with Gasteiger partial charge in [0, 0.05) is 11.5 Å². The van der Waals surface area contributed by atoms with Crippen LogP contribution in [0.5, 0.6) is 5.75 Å². The second-order valence-corrected chi connectivity index (χ2v) is 4.03. The number of nitrogens with one attached hydrogen (secondary N) is 1. The van der Waals surface area contributed by atoms with Gasteiger partial charge in [-0.15, -0.1) is 0 Å². The number of phenols is 1. The first kappa shape index (κ1) is 14.5. The molecule has 4 heteroatoms. The van der Waals surface area contributed by atoms with Gasteiger partial charge in [-0.25, -0.2) is 0 Å². The van der Waals surface area contributed by atoms with Crippen molar-refractivity contribution < 1.29 is 10.3 Å². The standard InChI is InChI=1S/C12H16N2O2.C2H6/c15-11-4-2-1-3-10(11)12(14-16)9-5-7-13-8-6-9;1-2/h1-4,9,13,15-16H,5-8H2;1-2H3/b14-12-;. The molecule has 1 heterocycles. The fourth-order valence-electron chi connectivity index (χ4n) is 2.14. The molecule has 3 N–H and O–H groups in total. The van der Waals surface area contributed by atoms with Gasteiger partial charge in [0.15, 0.2) is 0 Å². The average Bonchev–Trinajstić information content (AvgIpc) is 2.45. The minimum atomic E-state index is 0.175. The third-order valence-corrected chi connectivity index (χ3v) is 3.01. The molecule has 0 unspecified atom stereocenters. The summed E-state index contributed by atoms with van der Waals surface area (Å²) in [6.07, 6.45) is 1.88. The van der Waals surface area contributed by atoms with Crippen molar-refractivity contribution in [2.45, 2.75) is 26.7 Å². The van der Waals surface area contributed by atoms with Crippen LogP contribution in [0.3, 0.4) is 0 Å². The van der Waals surface area contributed by atoms with Gasteiger partial charge in [-0.2, -0.15) is 0 Å². The first-order valence-corrected chi connectivity index (χ1v) is 6.54. The Labute approximate surface area is 108 Å². The summed E-state index contributed by atoms with van der Waals surface area (Å²) >= 11 is 0. The van der Waals surface area contributed by atoms with Gasteiger partial charge >= 0.3 is 0 Å². The van der Waals surface area contributed by atoms with Crippen LogP contribution in [-0.4, -0.2) is 29.1 Å². The molecule has 0 bridgehead atoms. The summed E-state index contributed by atoms with van der Waals surface area (Å²) in [7, 11) is 0. The number of phenolic OH excluding ortho intramolecular Hbond substituents is 1. The summed E-state index contributed by atoms with van der Waals surface area (Å²) < 4.78 is 0. The van der Waals surface area contributed by atoms with Crippen LogP contribution in [-0.2, 0) is 0 Å². The number of hydrogen-bond donors (Lipinski definition) is 3. The summed E-state index contributed by atoms with van der Waals surface area (Å²) in [5.74, 6) is 0.397. The van der Waals surface area contributed by atoms with E-state index in [-0.39, 0.29) is 11.7 Å². The summed E-state index contributed by atoms with van der Waals surface area (Å²) in [5.41, 5.74) is 1.23. The molecule has 1 aliphatic heterocycles. The zero-order chi connectivity index (χ0) is 13.4. The molecule has 0 saturated carbocycles. The van der Waals surface area contributed by atoms with Crippen molar-refractivity contribution in [1.82, 2.24) is 5.32 Å². The summed E-state index contributed by atoms with van der Waals surface area (Å²) in [4.78, 5) is 0. The Morgan fingerprint density at radius 3 is 2.39 bits per heavy atom. The maximum absolute atomic E-state index is 9.74. The predicted octanol–water partition coefficient (Wildman–Crippen LogP) is 2.60. The monoisotopic (exact) mass is 250 g/mol. The number of oxime groups is 1. The highest BCUT2D eigenvalue weighted by Gasteiger charge is 2.22. The van der Waals surface area contributed by atoms with Gasteiger partial charge in [0.05, 0.1) is 5.71 Å². The molecule has 1 aromatic carbocycles. The Morgan fingerprint density at radius 1 is 1.22 bits per heavy atom. The van der Waals surface area contributed by atoms with Gasteiger partial charge in [-0.3, -0.25) is 0 Å². The minimum Gasteiger partial charge on any atom is -0.507 e. The summed E-state index contributed by atoms with van der Waals surface area (Å²) in [5, 5.41) is 25.5. The number of para-hydroxylation sites is 1. The highest BCUT2D eigenvalue weighted by Crippen LogP contribution is 2.24. The second-order valence-electron chi connectivity index (χ2n) is 4.03. The van der Waals surface area contributed by atoms with Crippen LogP contribution < -0.4 is 5.32 Å². The maximum atomic E-state index is 9.74. The molecular formula is C14H22N2O2. The second kappa shape index (κ2) is 7.71. The average molecular weight is 250 g/mol. The van der Waals surface area contributed by atoms with Crippen LogP contribution in [0.2, 0.25) is 0 Å². The van der Waals surface area contributed by atoms with Crippen LogP contribution in [0.4, 0.5) is 0 Å². The van der Waals surface area contributed by atoms with Crippen LogP contribution in [0.25, 0.3) is 0 Å². The molecule has 1 aromatic rings. The van der Waals surface area contributed by atoms with Crippen molar-refractivity contribution in [3.05, 3.63) is 29.8 Å². The van der Waals surface area contributed by atoms with Gasteiger partial charge in [-0.05, 0) is 38.1 Å². The Kier molecular flexibility index (Phi) is 6.22. The van der Waals surface area contributed by atoms with Crippen LogP contribution in [0, 0.1) is 5.92 Å². The first-order valence-electron chi connectivity index (χ1n) is 6.54. The molecule has 4 nitrogen and oxygen atoms in total. The molecule has 0 radical (unpaired) electrons.